The Morgan fingerprint density at radius 3 is 2.71 bits per heavy atom. The van der Waals surface area contributed by atoms with Gasteiger partial charge in [0.05, 0.1) is 11.0 Å². The summed E-state index contributed by atoms with van der Waals surface area (Å²) in [6.07, 6.45) is 12.6. The predicted molar refractivity (Wildman–Crippen MR) is 132 cm³/mol. The zero-order valence-corrected chi connectivity index (χ0v) is 20.4. The maximum absolute atomic E-state index is 12.4. The van der Waals surface area contributed by atoms with Crippen molar-refractivity contribution < 1.29 is 14.3 Å². The van der Waals surface area contributed by atoms with Crippen LogP contribution in [0, 0.1) is 28.6 Å². The van der Waals surface area contributed by atoms with Gasteiger partial charge in [-0.3, -0.25) is 9.59 Å². The van der Waals surface area contributed by atoms with Crippen molar-refractivity contribution in [1.29, 1.82) is 0 Å². The third-order valence-electron chi connectivity index (χ3n) is 9.90. The summed E-state index contributed by atoms with van der Waals surface area (Å²) in [6.45, 7) is 6.36. The van der Waals surface area contributed by atoms with E-state index in [0.717, 1.165) is 61.4 Å². The van der Waals surface area contributed by atoms with Gasteiger partial charge in [-0.25, -0.2) is 4.98 Å². The summed E-state index contributed by atoms with van der Waals surface area (Å²) >= 11 is 0. The number of fused-ring (bicyclic) bond motifs is 6. The number of ether oxygens (including phenoxy) is 1. The highest BCUT2D eigenvalue weighted by Crippen LogP contribution is 2.66. The summed E-state index contributed by atoms with van der Waals surface area (Å²) in [7, 11) is 0. The summed E-state index contributed by atoms with van der Waals surface area (Å²) in [4.78, 5) is 28.5. The molecule has 4 aliphatic carbocycles. The van der Waals surface area contributed by atoms with Crippen LogP contribution in [-0.2, 0) is 14.3 Å². The summed E-state index contributed by atoms with van der Waals surface area (Å²) in [5.41, 5.74) is 5.83. The molecule has 0 aliphatic heterocycles. The van der Waals surface area contributed by atoms with E-state index < -0.39 is 0 Å². The summed E-state index contributed by atoms with van der Waals surface area (Å²) in [5, 5.41) is 0. The molecule has 0 N–H and O–H groups in total. The van der Waals surface area contributed by atoms with Crippen molar-refractivity contribution >= 4 is 29.0 Å². The summed E-state index contributed by atoms with van der Waals surface area (Å²) in [5.74, 6) is 1.48. The van der Waals surface area contributed by atoms with E-state index in [1.807, 2.05) is 24.5 Å². The smallest absolute Gasteiger partial charge is 0.302 e. The van der Waals surface area contributed by atoms with Gasteiger partial charge in [0.15, 0.2) is 0 Å². The second kappa shape index (κ2) is 7.66. The fourth-order valence-electron chi connectivity index (χ4n) is 8.33. The highest BCUT2D eigenvalue weighted by Gasteiger charge is 2.58. The number of esters is 1. The molecule has 34 heavy (non-hydrogen) atoms. The van der Waals surface area contributed by atoms with Gasteiger partial charge in [0.1, 0.15) is 18.7 Å². The normalized spacial score (nSPS) is 37.0. The van der Waals surface area contributed by atoms with Crippen molar-refractivity contribution in [2.24, 2.45) is 28.6 Å². The van der Waals surface area contributed by atoms with Crippen LogP contribution in [0.25, 0.3) is 16.7 Å². The van der Waals surface area contributed by atoms with Crippen LogP contribution in [-0.4, -0.2) is 27.9 Å². The zero-order valence-electron chi connectivity index (χ0n) is 20.4. The van der Waals surface area contributed by atoms with Gasteiger partial charge in [-0.15, -0.1) is 0 Å². The predicted octanol–water partition coefficient (Wildman–Crippen LogP) is 5.95. The molecule has 0 spiro atoms. The Kier molecular flexibility index (Phi) is 4.91. The van der Waals surface area contributed by atoms with Crippen LogP contribution in [0.2, 0.25) is 0 Å². The first kappa shape index (κ1) is 21.8. The van der Waals surface area contributed by atoms with Crippen LogP contribution in [0.15, 0.2) is 47.8 Å². The minimum atomic E-state index is -0.172. The molecular formula is C29H34N2O3. The number of nitrogens with zero attached hydrogens (tertiary/aromatic N) is 2. The van der Waals surface area contributed by atoms with E-state index in [1.54, 1.807) is 0 Å². The molecule has 0 bridgehead atoms. The molecule has 5 nitrogen and oxygen atoms in total. The molecular weight excluding hydrogens is 424 g/mol. The second-order valence-corrected chi connectivity index (χ2v) is 11.5. The van der Waals surface area contributed by atoms with Crippen LogP contribution in [0.4, 0.5) is 0 Å². The number of rotatable bonds is 3. The van der Waals surface area contributed by atoms with Gasteiger partial charge in [-0.1, -0.05) is 37.6 Å². The van der Waals surface area contributed by atoms with Crippen LogP contribution in [0.5, 0.6) is 0 Å². The van der Waals surface area contributed by atoms with Crippen molar-refractivity contribution in [3.8, 4) is 0 Å². The Bertz CT molecular complexity index is 1240. The first-order valence-electron chi connectivity index (χ1n) is 12.8. The molecule has 2 fully saturated rings. The molecule has 1 aromatic heterocycles. The molecule has 0 radical (unpaired) electrons. The third kappa shape index (κ3) is 3.01. The first-order valence-corrected chi connectivity index (χ1v) is 12.8. The van der Waals surface area contributed by atoms with E-state index in [9.17, 15) is 9.59 Å². The lowest BCUT2D eigenvalue weighted by molar-refractivity contribution is -0.148. The van der Waals surface area contributed by atoms with E-state index in [0.29, 0.717) is 17.8 Å². The SMILES string of the molecule is CC(=O)OC1CCC2(C)C(=CCC3C2CC[C@]2(C)C(n4cnc5ccccc54)=C(C=O)CC32)C1. The van der Waals surface area contributed by atoms with Crippen LogP contribution < -0.4 is 0 Å². The number of aromatic nitrogens is 2. The van der Waals surface area contributed by atoms with Crippen molar-refractivity contribution in [3.05, 3.63) is 47.8 Å². The second-order valence-electron chi connectivity index (χ2n) is 11.5. The molecule has 4 aliphatic rings. The van der Waals surface area contributed by atoms with Crippen LogP contribution >= 0.6 is 0 Å². The molecule has 6 rings (SSSR count). The standard InChI is InChI=1S/C29H34N2O3/c1-18(33)34-21-10-12-28(2)20(15-21)8-9-22-23(28)11-13-29(3)24(22)14-19(16-32)27(29)31-17-30-25-6-4-5-7-26(25)31/h4-8,16-17,21-24H,9-15H2,1-3H3/t21?,22?,23?,24?,28?,29-/m0/s1. The fraction of sp³-hybridized carbons (Fsp3) is 0.552. The lowest BCUT2D eigenvalue weighted by Crippen LogP contribution is -2.50. The topological polar surface area (TPSA) is 61.2 Å². The number of hydrogen-bond acceptors (Lipinski definition) is 4. The number of imidazole rings is 1. The number of hydrogen-bond donors (Lipinski definition) is 0. The monoisotopic (exact) mass is 458 g/mol. The van der Waals surface area contributed by atoms with Gasteiger partial charge in [-0.2, -0.15) is 0 Å². The molecule has 2 saturated carbocycles. The van der Waals surface area contributed by atoms with Gasteiger partial charge in [0.2, 0.25) is 0 Å². The third-order valence-corrected chi connectivity index (χ3v) is 9.90. The van der Waals surface area contributed by atoms with Gasteiger partial charge < -0.3 is 9.30 Å². The largest absolute Gasteiger partial charge is 0.462 e. The van der Waals surface area contributed by atoms with E-state index in [2.05, 4.69) is 35.5 Å². The van der Waals surface area contributed by atoms with E-state index >= 15 is 0 Å². The van der Waals surface area contributed by atoms with Crippen molar-refractivity contribution in [2.45, 2.75) is 71.8 Å². The average molecular weight is 459 g/mol. The number of benzene rings is 1. The van der Waals surface area contributed by atoms with Crippen LogP contribution in [0.1, 0.15) is 65.7 Å². The lowest BCUT2D eigenvalue weighted by atomic mass is 9.47. The zero-order chi connectivity index (χ0) is 23.7. The molecule has 0 amide bonds. The number of carbonyl (C=O) groups is 2. The Labute approximate surface area is 201 Å². The van der Waals surface area contributed by atoms with Crippen molar-refractivity contribution in [1.82, 2.24) is 9.55 Å². The van der Waals surface area contributed by atoms with Gasteiger partial charge >= 0.3 is 5.97 Å². The maximum Gasteiger partial charge on any atom is 0.302 e. The fourth-order valence-corrected chi connectivity index (χ4v) is 8.33. The molecule has 5 unspecified atom stereocenters. The van der Waals surface area contributed by atoms with Crippen LogP contribution in [0.3, 0.4) is 0 Å². The molecule has 6 atom stereocenters. The van der Waals surface area contributed by atoms with E-state index in [4.69, 9.17) is 4.74 Å². The Morgan fingerprint density at radius 1 is 1.12 bits per heavy atom. The minimum absolute atomic E-state index is 0.0261. The summed E-state index contributed by atoms with van der Waals surface area (Å²) < 4.78 is 7.80. The number of aldehydes is 1. The maximum atomic E-state index is 12.4. The quantitative estimate of drug-likeness (QED) is 0.324. The highest BCUT2D eigenvalue weighted by molar-refractivity contribution is 5.90. The number of para-hydroxylation sites is 2. The Morgan fingerprint density at radius 2 is 1.91 bits per heavy atom. The molecule has 1 aromatic carbocycles. The number of carbonyl (C=O) groups excluding carboxylic acids is 2. The molecule has 178 valence electrons. The van der Waals surface area contributed by atoms with Gasteiger partial charge in [0, 0.05) is 30.0 Å². The molecule has 2 aromatic rings. The van der Waals surface area contributed by atoms with Crippen molar-refractivity contribution in [3.63, 3.8) is 0 Å². The average Bonchev–Trinajstić information content (AvgIpc) is 3.36. The lowest BCUT2D eigenvalue weighted by Gasteiger charge is -2.57. The molecule has 1 heterocycles. The molecule has 5 heteroatoms. The highest BCUT2D eigenvalue weighted by atomic mass is 16.5. The number of allylic oxidation sites excluding steroid dienone is 3. The van der Waals surface area contributed by atoms with Gasteiger partial charge in [-0.05, 0) is 73.8 Å². The first-order chi connectivity index (χ1) is 16.3. The molecule has 0 saturated heterocycles. The van der Waals surface area contributed by atoms with Crippen molar-refractivity contribution in [2.75, 3.05) is 0 Å². The Balaban J connectivity index is 1.35. The van der Waals surface area contributed by atoms with E-state index in [1.165, 1.54) is 24.6 Å². The van der Waals surface area contributed by atoms with E-state index in [-0.39, 0.29) is 22.9 Å². The summed E-state index contributed by atoms with van der Waals surface area (Å²) in [6, 6.07) is 8.22. The minimum Gasteiger partial charge on any atom is -0.462 e. The van der Waals surface area contributed by atoms with Gasteiger partial charge in [0.25, 0.3) is 0 Å². The Hall–Kier alpha value is -2.69.